The second-order valence-corrected chi connectivity index (χ2v) is 3.88. The summed E-state index contributed by atoms with van der Waals surface area (Å²) in [6, 6.07) is 0. The standard InChI is InChI=1S/3FH2O3P.6Li/c3*1-5(2,3)4;;;;;;/h3*(H2,2,3,4);;;;;;/q;;;6*+1/p-6. The molecule has 0 rings (SSSR count). The van der Waals surface area contributed by atoms with Gasteiger partial charge in [0.1, 0.15) is 23.7 Å². The summed E-state index contributed by atoms with van der Waals surface area (Å²) in [5.74, 6) is 0. The molecule has 0 aliphatic rings. The van der Waals surface area contributed by atoms with Crippen molar-refractivity contribution in [2.45, 2.75) is 0 Å². The molecule has 0 fully saturated rings. The molecule has 0 spiro atoms. The fraction of sp³-hybridized carbons (Fsp3) is 0. The Hall–Kier alpha value is 3.82. The van der Waals surface area contributed by atoms with Crippen LogP contribution in [0.2, 0.25) is 0 Å². The van der Waals surface area contributed by atoms with E-state index in [1.54, 1.807) is 0 Å². The van der Waals surface area contributed by atoms with Crippen LogP contribution in [0.3, 0.4) is 0 Å². The quantitative estimate of drug-likeness (QED) is 0.305. The van der Waals surface area contributed by atoms with Crippen LogP contribution in [0.4, 0.5) is 12.6 Å². The molecule has 0 aromatic carbocycles. The van der Waals surface area contributed by atoms with E-state index in [0.717, 1.165) is 0 Å². The second-order valence-electron chi connectivity index (χ2n) is 1.29. The molecule has 0 amide bonds. The van der Waals surface area contributed by atoms with Gasteiger partial charge in [0, 0.05) is 0 Å². The van der Waals surface area contributed by atoms with Crippen LogP contribution in [0.25, 0.3) is 0 Å². The van der Waals surface area contributed by atoms with Gasteiger partial charge in [0.2, 0.25) is 0 Å². The average molecular weight is 336 g/mol. The van der Waals surface area contributed by atoms with Gasteiger partial charge in [-0.25, -0.2) is 12.6 Å². The summed E-state index contributed by atoms with van der Waals surface area (Å²) in [5, 5.41) is 0. The number of rotatable bonds is 0. The summed E-state index contributed by atoms with van der Waals surface area (Å²) in [7, 11) is -16.9. The van der Waals surface area contributed by atoms with Crippen LogP contribution in [-0.2, 0) is 13.7 Å². The van der Waals surface area contributed by atoms with Crippen molar-refractivity contribution in [3.63, 3.8) is 0 Å². The molecule has 21 heteroatoms. The van der Waals surface area contributed by atoms with Gasteiger partial charge in [-0.2, -0.15) is 0 Å². The first kappa shape index (κ1) is 56.3. The predicted molar refractivity (Wildman–Crippen MR) is 26.1 cm³/mol. The van der Waals surface area contributed by atoms with Gasteiger partial charge in [0.25, 0.3) is 0 Å². The Morgan fingerprint density at radius 2 is 0.429 bits per heavy atom. The molecule has 0 saturated heterocycles. The third-order valence-corrected chi connectivity index (χ3v) is 0. The molecular weight excluding hydrogens is 336 g/mol. The van der Waals surface area contributed by atoms with Gasteiger partial charge in [0.15, 0.2) is 0 Å². The smallest absolute Gasteiger partial charge is 0.786 e. The minimum absolute atomic E-state index is 0. The molecule has 0 heterocycles. The van der Waals surface area contributed by atoms with E-state index >= 15 is 0 Å². The molecule has 0 bridgehead atoms. The van der Waals surface area contributed by atoms with Crippen molar-refractivity contribution in [1.29, 1.82) is 0 Å². The van der Waals surface area contributed by atoms with Crippen LogP contribution in [0.1, 0.15) is 0 Å². The van der Waals surface area contributed by atoms with E-state index in [2.05, 4.69) is 0 Å². The maximum Gasteiger partial charge on any atom is 1.00 e. The molecule has 96 valence electrons. The summed E-state index contributed by atoms with van der Waals surface area (Å²) in [4.78, 5) is 50.6. The number of hydrogen-bond acceptors (Lipinski definition) is 9. The van der Waals surface area contributed by atoms with Crippen LogP contribution in [0.5, 0.6) is 0 Å². The molecule has 0 radical (unpaired) electrons. The van der Waals surface area contributed by atoms with Crippen molar-refractivity contribution >= 4 is 23.7 Å². The van der Waals surface area contributed by atoms with E-state index in [1.165, 1.54) is 0 Å². The Morgan fingerprint density at radius 3 is 0.429 bits per heavy atom. The largest absolute Gasteiger partial charge is 1.00 e. The van der Waals surface area contributed by atoms with Crippen molar-refractivity contribution in [2.24, 2.45) is 0 Å². The minimum Gasteiger partial charge on any atom is -0.786 e. The molecule has 0 aliphatic heterocycles. The van der Waals surface area contributed by atoms with Crippen molar-refractivity contribution in [3.05, 3.63) is 0 Å². The zero-order chi connectivity index (χ0) is 13.5. The third-order valence-electron chi connectivity index (χ3n) is 0. The van der Waals surface area contributed by atoms with Crippen LogP contribution in [-0.4, -0.2) is 0 Å². The SMILES string of the molecule is O=P([O-])([O-])F.O=P([O-])([O-])F.O=P([O-])([O-])F.[Li+].[Li+].[Li+].[Li+].[Li+].[Li+]. The van der Waals surface area contributed by atoms with Gasteiger partial charge >= 0.3 is 113 Å². The Balaban J connectivity index is -0.0000000129. The fourth-order valence-electron chi connectivity index (χ4n) is 0. The minimum atomic E-state index is -5.64. The zero-order valence-corrected chi connectivity index (χ0v) is 14.8. The van der Waals surface area contributed by atoms with E-state index in [-0.39, 0.29) is 113 Å². The summed E-state index contributed by atoms with van der Waals surface area (Å²) in [5.41, 5.74) is 0. The zero-order valence-electron chi connectivity index (χ0n) is 12.1. The molecule has 0 aliphatic carbocycles. The molecule has 0 aromatic heterocycles. The van der Waals surface area contributed by atoms with Crippen molar-refractivity contribution < 1.29 is 169 Å². The van der Waals surface area contributed by atoms with Gasteiger partial charge in [0.05, 0.1) is 0 Å². The van der Waals surface area contributed by atoms with Crippen molar-refractivity contribution in [2.75, 3.05) is 0 Å². The summed E-state index contributed by atoms with van der Waals surface area (Å²) >= 11 is 0. The van der Waals surface area contributed by atoms with Gasteiger partial charge in [-0.05, 0) is 0 Å². The monoisotopic (exact) mass is 336 g/mol. The Morgan fingerprint density at radius 1 is 0.429 bits per heavy atom. The van der Waals surface area contributed by atoms with E-state index in [1.807, 2.05) is 0 Å². The van der Waals surface area contributed by atoms with Gasteiger partial charge in [-0.15, -0.1) is 0 Å². The summed E-state index contributed by atoms with van der Waals surface area (Å²) < 4.78 is 55.7. The maximum atomic E-state index is 10.1. The fourth-order valence-corrected chi connectivity index (χ4v) is 0. The number of halogens is 3. The van der Waals surface area contributed by atoms with Crippen LogP contribution >= 0.6 is 23.7 Å². The molecule has 0 saturated carbocycles. The van der Waals surface area contributed by atoms with Gasteiger partial charge in [-0.3, -0.25) is 0 Å². The van der Waals surface area contributed by atoms with Gasteiger partial charge < -0.3 is 43.1 Å². The first-order valence-corrected chi connectivity index (χ1v) is 6.45. The van der Waals surface area contributed by atoms with E-state index in [4.69, 9.17) is 43.1 Å². The molecular formula is F3Li6O9P3. The van der Waals surface area contributed by atoms with Gasteiger partial charge in [-0.1, -0.05) is 0 Å². The molecule has 0 aromatic rings. The van der Waals surface area contributed by atoms with Crippen LogP contribution in [0.15, 0.2) is 0 Å². The first-order chi connectivity index (χ1) is 6.00. The number of hydrogen-bond donors (Lipinski definition) is 0. The van der Waals surface area contributed by atoms with Crippen LogP contribution < -0.4 is 143 Å². The van der Waals surface area contributed by atoms with E-state index < -0.39 is 23.7 Å². The Labute approximate surface area is 190 Å². The predicted octanol–water partition coefficient (Wildman–Crippen LogP) is -21.6. The molecule has 9 nitrogen and oxygen atoms in total. The van der Waals surface area contributed by atoms with E-state index in [9.17, 15) is 12.6 Å². The van der Waals surface area contributed by atoms with E-state index in [0.29, 0.717) is 0 Å². The Bertz CT molecular complexity index is 225. The summed E-state index contributed by atoms with van der Waals surface area (Å²) in [6.45, 7) is 0. The average Bonchev–Trinajstić information content (AvgIpc) is 1.41. The Kier molecular flexibility index (Phi) is 69.8. The van der Waals surface area contributed by atoms with Crippen molar-refractivity contribution in [3.8, 4) is 0 Å². The molecule has 0 unspecified atom stereocenters. The second kappa shape index (κ2) is 26.1. The molecule has 21 heavy (non-hydrogen) atoms. The normalized spacial score (nSPS) is 8.43. The van der Waals surface area contributed by atoms with Crippen LogP contribution in [0, 0.1) is 0 Å². The van der Waals surface area contributed by atoms with Crippen molar-refractivity contribution in [1.82, 2.24) is 0 Å². The molecule has 0 atom stereocenters. The third kappa shape index (κ3) is 776. The topological polar surface area (TPSA) is 190 Å². The molecule has 0 N–H and O–H groups in total. The first-order valence-electron chi connectivity index (χ1n) is 2.15. The summed E-state index contributed by atoms with van der Waals surface area (Å²) in [6.07, 6.45) is 0. The maximum absolute atomic E-state index is 10.1.